The third-order valence-electron chi connectivity index (χ3n) is 5.34. The summed E-state index contributed by atoms with van der Waals surface area (Å²) in [6, 6.07) is 22.7. The summed E-state index contributed by atoms with van der Waals surface area (Å²) in [5.41, 5.74) is 2.37. The molecule has 1 aliphatic rings. The third kappa shape index (κ3) is 3.06. The molecule has 0 radical (unpaired) electrons. The van der Waals surface area contributed by atoms with Gasteiger partial charge in [-0.2, -0.15) is 0 Å². The van der Waals surface area contributed by atoms with Crippen molar-refractivity contribution in [2.45, 2.75) is 0 Å². The van der Waals surface area contributed by atoms with Crippen molar-refractivity contribution in [3.05, 3.63) is 106 Å². The molecule has 0 saturated heterocycles. The lowest BCUT2D eigenvalue weighted by atomic mass is 10.0. The van der Waals surface area contributed by atoms with E-state index in [1.165, 1.54) is 11.3 Å². The van der Waals surface area contributed by atoms with Gasteiger partial charge in [-0.05, 0) is 47.0 Å². The highest BCUT2D eigenvalue weighted by Gasteiger charge is 2.33. The largest absolute Gasteiger partial charge is 0.428 e. The van der Waals surface area contributed by atoms with Crippen molar-refractivity contribution < 1.29 is 14.0 Å². The number of carbonyl (C=O) groups is 2. The molecule has 5 aromatic rings. The number of rotatable bonds is 1. The Kier molecular flexibility index (Phi) is 4.14. The van der Waals surface area contributed by atoms with E-state index in [0.717, 1.165) is 21.0 Å². The normalized spacial score (nSPS) is 12.8. The topological polar surface area (TPSA) is 60.2 Å². The van der Waals surface area contributed by atoms with Crippen molar-refractivity contribution >= 4 is 50.2 Å². The number of thiazole rings is 1. The van der Waals surface area contributed by atoms with Crippen LogP contribution >= 0.6 is 11.3 Å². The van der Waals surface area contributed by atoms with Crippen LogP contribution in [0.25, 0.3) is 27.3 Å². The van der Waals surface area contributed by atoms with E-state index in [1.807, 2.05) is 60.7 Å². The van der Waals surface area contributed by atoms with E-state index in [9.17, 15) is 9.59 Å². The quantitative estimate of drug-likeness (QED) is 0.188. The molecule has 0 unspecified atom stereocenters. The lowest BCUT2D eigenvalue weighted by Gasteiger charge is -2.00. The number of ketones is 2. The molecule has 0 saturated carbocycles. The van der Waals surface area contributed by atoms with Crippen molar-refractivity contribution in [1.29, 1.82) is 0 Å². The molecule has 3 aromatic carbocycles. The Balaban J connectivity index is 1.33. The van der Waals surface area contributed by atoms with Gasteiger partial charge in [-0.15, -0.1) is 11.3 Å². The smallest absolute Gasteiger partial charge is 0.239 e. The number of Topliss-reactive ketones (excluding diaryl/α,β-unsaturated/α-hetero) is 2. The maximum Gasteiger partial charge on any atom is 0.239 e. The number of aromatic nitrogens is 1. The molecule has 150 valence electrons. The zero-order valence-electron chi connectivity index (χ0n) is 16.6. The van der Waals surface area contributed by atoms with Gasteiger partial charge in [0.2, 0.25) is 5.71 Å². The van der Waals surface area contributed by atoms with Gasteiger partial charge in [0.1, 0.15) is 5.01 Å². The predicted octanol–water partition coefficient (Wildman–Crippen LogP) is 5.90. The van der Waals surface area contributed by atoms with Crippen LogP contribution in [0.15, 0.2) is 82.8 Å². The molecule has 0 fully saturated rings. The molecule has 0 aliphatic heterocycles. The fraction of sp³-hybridized carbons (Fsp3) is 0. The van der Waals surface area contributed by atoms with Gasteiger partial charge in [-0.25, -0.2) is 4.98 Å². The second-order valence-corrected chi connectivity index (χ2v) is 8.47. The molecule has 2 aromatic heterocycles. The average molecular weight is 431 g/mol. The number of fused-ring (bicyclic) bond motifs is 3. The van der Waals surface area contributed by atoms with Gasteiger partial charge < -0.3 is 4.42 Å². The van der Waals surface area contributed by atoms with E-state index in [-0.39, 0.29) is 17.1 Å². The molecule has 1 aliphatic carbocycles. The third-order valence-corrected chi connectivity index (χ3v) is 6.27. The molecule has 32 heavy (non-hydrogen) atoms. The Morgan fingerprint density at radius 3 is 2.12 bits per heavy atom. The molecule has 0 amide bonds. The summed E-state index contributed by atoms with van der Waals surface area (Å²) in [5.74, 6) is 6.04. The first kappa shape index (κ1) is 18.5. The Labute approximate surface area is 186 Å². The molecule has 6 rings (SSSR count). The zero-order chi connectivity index (χ0) is 21.7. The van der Waals surface area contributed by atoms with Gasteiger partial charge >= 0.3 is 0 Å². The van der Waals surface area contributed by atoms with Crippen LogP contribution in [0, 0.1) is 11.8 Å². The Morgan fingerprint density at radius 1 is 0.812 bits per heavy atom. The highest BCUT2D eigenvalue weighted by molar-refractivity contribution is 7.19. The number of carbonyl (C=O) groups excluding carboxylic acids is 2. The number of nitrogens with zero attached hydrogens (tertiary/aromatic N) is 1. The van der Waals surface area contributed by atoms with Crippen LogP contribution in [0.1, 0.15) is 37.0 Å². The van der Waals surface area contributed by atoms with Crippen molar-refractivity contribution in [1.82, 2.24) is 4.98 Å². The van der Waals surface area contributed by atoms with Crippen LogP contribution in [0.2, 0.25) is 0 Å². The second-order valence-electron chi connectivity index (χ2n) is 7.41. The summed E-state index contributed by atoms with van der Waals surface area (Å²) in [6.07, 6.45) is 1.56. The fourth-order valence-electron chi connectivity index (χ4n) is 3.79. The summed E-state index contributed by atoms with van der Waals surface area (Å²) in [7, 11) is 0. The standard InChI is InChI=1S/C27H13NO3S/c29-25-20-12-17-8-4-5-9-18(17)13-21(20)26(30)22(25)15-24-28-27-23(32-24)14-19(31-27)11-10-16-6-2-1-3-7-16/h1-9,12-15H. The zero-order valence-corrected chi connectivity index (χ0v) is 17.4. The number of hydrogen-bond donors (Lipinski definition) is 0. The number of allylic oxidation sites excluding steroid dienone is 1. The van der Waals surface area contributed by atoms with E-state index < -0.39 is 0 Å². The summed E-state index contributed by atoms with van der Waals surface area (Å²) in [6.45, 7) is 0. The monoisotopic (exact) mass is 431 g/mol. The van der Waals surface area contributed by atoms with Gasteiger partial charge in [0.05, 0.1) is 10.3 Å². The van der Waals surface area contributed by atoms with Crippen molar-refractivity contribution in [2.75, 3.05) is 0 Å². The van der Waals surface area contributed by atoms with E-state index in [1.54, 1.807) is 18.2 Å². The van der Waals surface area contributed by atoms with Gasteiger partial charge in [-0.1, -0.05) is 48.4 Å². The van der Waals surface area contributed by atoms with E-state index >= 15 is 0 Å². The van der Waals surface area contributed by atoms with Crippen LogP contribution in [0.5, 0.6) is 0 Å². The molecule has 0 spiro atoms. The predicted molar refractivity (Wildman–Crippen MR) is 125 cm³/mol. The van der Waals surface area contributed by atoms with Gasteiger partial charge in [0.25, 0.3) is 0 Å². The second kappa shape index (κ2) is 7.16. The Morgan fingerprint density at radius 2 is 1.47 bits per heavy atom. The minimum Gasteiger partial charge on any atom is -0.428 e. The SMILES string of the molecule is O=C1C(=Cc2nc3oc(C#Cc4ccccc4)cc3s2)C(=O)c2cc3ccccc3cc21. The van der Waals surface area contributed by atoms with Gasteiger partial charge in [0, 0.05) is 22.8 Å². The van der Waals surface area contributed by atoms with E-state index in [0.29, 0.717) is 27.6 Å². The number of hydrogen-bond acceptors (Lipinski definition) is 5. The minimum absolute atomic E-state index is 0.135. The molecule has 5 heteroatoms. The summed E-state index contributed by atoms with van der Waals surface area (Å²) < 4.78 is 6.54. The average Bonchev–Trinajstić information content (AvgIpc) is 3.44. The number of furan rings is 1. The maximum atomic E-state index is 12.9. The van der Waals surface area contributed by atoms with Crippen LogP contribution in [-0.4, -0.2) is 16.6 Å². The molecular weight excluding hydrogens is 418 g/mol. The Hall–Kier alpha value is -4.27. The first-order valence-corrected chi connectivity index (χ1v) is 10.8. The Bertz CT molecular complexity index is 1570. The molecule has 0 bridgehead atoms. The maximum absolute atomic E-state index is 12.9. The summed E-state index contributed by atoms with van der Waals surface area (Å²) in [5, 5.41) is 2.42. The highest BCUT2D eigenvalue weighted by Crippen LogP contribution is 2.33. The van der Waals surface area contributed by atoms with Crippen LogP contribution in [0.3, 0.4) is 0 Å². The molecule has 4 nitrogen and oxygen atoms in total. The van der Waals surface area contributed by atoms with Crippen LogP contribution in [-0.2, 0) is 0 Å². The lowest BCUT2D eigenvalue weighted by molar-refractivity contribution is 0.0990. The van der Waals surface area contributed by atoms with Gasteiger partial charge in [0.15, 0.2) is 17.3 Å². The summed E-state index contributed by atoms with van der Waals surface area (Å²) >= 11 is 1.36. The lowest BCUT2D eigenvalue weighted by Crippen LogP contribution is -2.00. The van der Waals surface area contributed by atoms with E-state index in [2.05, 4.69) is 16.8 Å². The molecule has 2 heterocycles. The van der Waals surface area contributed by atoms with Crippen molar-refractivity contribution in [3.63, 3.8) is 0 Å². The summed E-state index contributed by atoms with van der Waals surface area (Å²) in [4.78, 5) is 30.3. The molecular formula is C27H13NO3S. The van der Waals surface area contributed by atoms with E-state index in [4.69, 9.17) is 4.42 Å². The number of benzene rings is 3. The minimum atomic E-state index is -0.267. The first-order chi connectivity index (χ1) is 15.7. The molecule has 0 N–H and O–H groups in total. The first-order valence-electron chi connectivity index (χ1n) is 9.97. The van der Waals surface area contributed by atoms with Crippen molar-refractivity contribution in [2.24, 2.45) is 0 Å². The molecule has 0 atom stereocenters. The van der Waals surface area contributed by atoms with Crippen LogP contribution < -0.4 is 0 Å². The van der Waals surface area contributed by atoms with Gasteiger partial charge in [-0.3, -0.25) is 9.59 Å². The highest BCUT2D eigenvalue weighted by atomic mass is 32.1. The van der Waals surface area contributed by atoms with Crippen LogP contribution in [0.4, 0.5) is 0 Å². The fourth-order valence-corrected chi connectivity index (χ4v) is 4.67. The van der Waals surface area contributed by atoms with Crippen molar-refractivity contribution in [3.8, 4) is 11.8 Å².